The Morgan fingerprint density at radius 2 is 1.89 bits per heavy atom. The van der Waals surface area contributed by atoms with Crippen molar-refractivity contribution < 1.29 is 19.1 Å². The third kappa shape index (κ3) is 3.82. The van der Waals surface area contributed by atoms with Gasteiger partial charge >= 0.3 is 0 Å². The lowest BCUT2D eigenvalue weighted by molar-refractivity contribution is -0.136. The number of Topliss-reactive ketones (excluding diaryl/α,β-unsaturated/α-hetero) is 1. The standard InChI is InChI=1S/C21H19Cl2NO4/c22-14-5-6-19(16(23)11-14)27-13-20(26)24-9-7-21(8-10-24)12-17(25)15-3-1-2-4-18(15)28-21/h1-6,11H,7-10,12-13H2. The number of ether oxygens (including phenoxy) is 2. The molecule has 1 spiro atoms. The maximum atomic E-state index is 12.5. The summed E-state index contributed by atoms with van der Waals surface area (Å²) < 4.78 is 11.7. The maximum Gasteiger partial charge on any atom is 0.260 e. The van der Waals surface area contributed by atoms with Crippen LogP contribution in [0.4, 0.5) is 0 Å². The Bertz CT molecular complexity index is 922. The second-order valence-corrected chi connectivity index (χ2v) is 7.97. The molecule has 146 valence electrons. The molecule has 28 heavy (non-hydrogen) atoms. The molecule has 0 radical (unpaired) electrons. The predicted octanol–water partition coefficient (Wildman–Crippen LogP) is 4.40. The fourth-order valence-electron chi connectivity index (χ4n) is 3.71. The summed E-state index contributed by atoms with van der Waals surface area (Å²) in [6.07, 6.45) is 1.57. The highest BCUT2D eigenvalue weighted by Crippen LogP contribution is 2.39. The van der Waals surface area contributed by atoms with E-state index in [1.165, 1.54) is 0 Å². The number of fused-ring (bicyclic) bond motifs is 1. The first-order chi connectivity index (χ1) is 13.5. The van der Waals surface area contributed by atoms with E-state index in [2.05, 4.69) is 0 Å². The lowest BCUT2D eigenvalue weighted by Gasteiger charge is -2.43. The van der Waals surface area contributed by atoms with Crippen LogP contribution >= 0.6 is 23.2 Å². The zero-order chi connectivity index (χ0) is 19.7. The molecule has 5 nitrogen and oxygen atoms in total. The minimum atomic E-state index is -0.525. The van der Waals surface area contributed by atoms with Crippen molar-refractivity contribution in [1.29, 1.82) is 0 Å². The minimum absolute atomic E-state index is 0.0994. The van der Waals surface area contributed by atoms with E-state index < -0.39 is 5.60 Å². The number of nitrogens with zero attached hydrogens (tertiary/aromatic N) is 1. The number of likely N-dealkylation sites (tertiary alicyclic amines) is 1. The zero-order valence-corrected chi connectivity index (χ0v) is 16.6. The van der Waals surface area contributed by atoms with Crippen LogP contribution < -0.4 is 9.47 Å². The van der Waals surface area contributed by atoms with Gasteiger partial charge in [-0.25, -0.2) is 0 Å². The molecule has 2 aromatic carbocycles. The molecule has 0 saturated carbocycles. The van der Waals surface area contributed by atoms with E-state index >= 15 is 0 Å². The molecule has 0 aromatic heterocycles. The highest BCUT2D eigenvalue weighted by Gasteiger charge is 2.43. The fraction of sp³-hybridized carbons (Fsp3) is 0.333. The molecule has 7 heteroatoms. The number of amides is 1. The van der Waals surface area contributed by atoms with Gasteiger partial charge in [0.1, 0.15) is 17.1 Å². The number of benzene rings is 2. The van der Waals surface area contributed by atoms with Crippen molar-refractivity contribution in [2.45, 2.75) is 24.9 Å². The summed E-state index contributed by atoms with van der Waals surface area (Å²) in [5.41, 5.74) is 0.114. The molecule has 1 fully saturated rings. The second-order valence-electron chi connectivity index (χ2n) is 7.13. The van der Waals surface area contributed by atoms with Crippen molar-refractivity contribution >= 4 is 34.9 Å². The summed E-state index contributed by atoms with van der Waals surface area (Å²) in [5.74, 6) is 1.04. The number of hydrogen-bond acceptors (Lipinski definition) is 4. The number of piperidine rings is 1. The highest BCUT2D eigenvalue weighted by molar-refractivity contribution is 6.35. The number of ketones is 1. The third-order valence-electron chi connectivity index (χ3n) is 5.27. The molecule has 2 aliphatic heterocycles. The predicted molar refractivity (Wildman–Crippen MR) is 107 cm³/mol. The molecular formula is C21H19Cl2NO4. The molecule has 0 atom stereocenters. The Labute approximate surface area is 173 Å². The summed E-state index contributed by atoms with van der Waals surface area (Å²) >= 11 is 11.9. The third-order valence-corrected chi connectivity index (χ3v) is 5.80. The van der Waals surface area contributed by atoms with Crippen LogP contribution in [0.1, 0.15) is 29.6 Å². The topological polar surface area (TPSA) is 55.8 Å². The molecule has 1 saturated heterocycles. The molecule has 0 N–H and O–H groups in total. The molecule has 1 amide bonds. The Hall–Kier alpha value is -2.24. The molecule has 0 aliphatic carbocycles. The Kier molecular flexibility index (Phi) is 5.21. The van der Waals surface area contributed by atoms with Crippen molar-refractivity contribution in [1.82, 2.24) is 4.90 Å². The van der Waals surface area contributed by atoms with Crippen molar-refractivity contribution in [3.8, 4) is 11.5 Å². The van der Waals surface area contributed by atoms with Crippen LogP contribution in [0.5, 0.6) is 11.5 Å². The second kappa shape index (κ2) is 7.64. The van der Waals surface area contributed by atoms with Crippen molar-refractivity contribution in [2.75, 3.05) is 19.7 Å². The average molecular weight is 420 g/mol. The van der Waals surface area contributed by atoms with Gasteiger partial charge in [-0.15, -0.1) is 0 Å². The van der Waals surface area contributed by atoms with E-state index in [9.17, 15) is 9.59 Å². The van der Waals surface area contributed by atoms with Crippen LogP contribution in [-0.2, 0) is 4.79 Å². The lowest BCUT2D eigenvalue weighted by Crippen LogP contribution is -2.53. The largest absolute Gasteiger partial charge is 0.486 e. The SMILES string of the molecule is O=C1CC2(CCN(C(=O)COc3ccc(Cl)cc3Cl)CC2)Oc2ccccc21. The molecular weight excluding hydrogens is 401 g/mol. The molecule has 0 unspecified atom stereocenters. The van der Waals surface area contributed by atoms with Gasteiger partial charge in [-0.1, -0.05) is 35.3 Å². The zero-order valence-electron chi connectivity index (χ0n) is 15.1. The summed E-state index contributed by atoms with van der Waals surface area (Å²) in [4.78, 5) is 26.7. The van der Waals surface area contributed by atoms with Gasteiger partial charge in [0.25, 0.3) is 5.91 Å². The van der Waals surface area contributed by atoms with Gasteiger partial charge in [-0.05, 0) is 30.3 Å². The van der Waals surface area contributed by atoms with Crippen molar-refractivity contribution in [3.05, 3.63) is 58.1 Å². The van der Waals surface area contributed by atoms with Crippen LogP contribution in [0.25, 0.3) is 0 Å². The highest BCUT2D eigenvalue weighted by atomic mass is 35.5. The number of carbonyl (C=O) groups excluding carboxylic acids is 2. The van der Waals surface area contributed by atoms with Crippen LogP contribution in [0, 0.1) is 0 Å². The Balaban J connectivity index is 1.35. The average Bonchev–Trinajstić information content (AvgIpc) is 2.67. The maximum absolute atomic E-state index is 12.5. The number of carbonyl (C=O) groups is 2. The van der Waals surface area contributed by atoms with Gasteiger partial charge < -0.3 is 14.4 Å². The van der Waals surface area contributed by atoms with Gasteiger partial charge in [0.05, 0.1) is 17.0 Å². The van der Waals surface area contributed by atoms with E-state index in [-0.39, 0.29) is 18.3 Å². The fourth-order valence-corrected chi connectivity index (χ4v) is 4.17. The van der Waals surface area contributed by atoms with Gasteiger partial charge in [-0.2, -0.15) is 0 Å². The van der Waals surface area contributed by atoms with Gasteiger partial charge in [0.2, 0.25) is 0 Å². The lowest BCUT2D eigenvalue weighted by atomic mass is 9.82. The number of hydrogen-bond donors (Lipinski definition) is 0. The van der Waals surface area contributed by atoms with Crippen LogP contribution in [-0.4, -0.2) is 41.9 Å². The van der Waals surface area contributed by atoms with Crippen molar-refractivity contribution in [3.63, 3.8) is 0 Å². The molecule has 2 aliphatic rings. The van der Waals surface area contributed by atoms with E-state index in [1.807, 2.05) is 18.2 Å². The normalized spacial score (nSPS) is 17.8. The van der Waals surface area contributed by atoms with E-state index in [4.69, 9.17) is 32.7 Å². The molecule has 2 heterocycles. The van der Waals surface area contributed by atoms with Crippen LogP contribution in [0.3, 0.4) is 0 Å². The first-order valence-electron chi connectivity index (χ1n) is 9.13. The van der Waals surface area contributed by atoms with Crippen LogP contribution in [0.15, 0.2) is 42.5 Å². The Morgan fingerprint density at radius 1 is 1.14 bits per heavy atom. The first-order valence-corrected chi connectivity index (χ1v) is 9.88. The first kappa shape index (κ1) is 19.1. The Morgan fingerprint density at radius 3 is 2.64 bits per heavy atom. The van der Waals surface area contributed by atoms with E-state index in [1.54, 1.807) is 29.2 Å². The number of halogens is 2. The number of para-hydroxylation sites is 1. The van der Waals surface area contributed by atoms with Crippen LogP contribution in [0.2, 0.25) is 10.0 Å². The van der Waals surface area contributed by atoms with E-state index in [0.29, 0.717) is 59.5 Å². The van der Waals surface area contributed by atoms with Gasteiger partial charge in [0, 0.05) is 31.0 Å². The monoisotopic (exact) mass is 419 g/mol. The summed E-state index contributed by atoms with van der Waals surface area (Å²) in [5, 5.41) is 0.874. The quantitative estimate of drug-likeness (QED) is 0.739. The molecule has 4 rings (SSSR count). The summed E-state index contributed by atoms with van der Waals surface area (Å²) in [7, 11) is 0. The van der Waals surface area contributed by atoms with E-state index in [0.717, 1.165) is 0 Å². The molecule has 2 aromatic rings. The summed E-state index contributed by atoms with van der Waals surface area (Å²) in [6.45, 7) is 0.939. The number of rotatable bonds is 3. The minimum Gasteiger partial charge on any atom is -0.486 e. The molecule has 0 bridgehead atoms. The smallest absolute Gasteiger partial charge is 0.260 e. The van der Waals surface area contributed by atoms with Gasteiger partial charge in [-0.3, -0.25) is 9.59 Å². The summed E-state index contributed by atoms with van der Waals surface area (Å²) in [6, 6.07) is 12.2. The van der Waals surface area contributed by atoms with Crippen molar-refractivity contribution in [2.24, 2.45) is 0 Å². The van der Waals surface area contributed by atoms with Gasteiger partial charge in [0.15, 0.2) is 12.4 Å².